The molecular formula is C30H31Cl2IN2O3S. The minimum absolute atomic E-state index is 0.0326. The molecule has 0 atom stereocenters. The van der Waals surface area contributed by atoms with E-state index in [0.29, 0.717) is 21.5 Å². The molecule has 0 aliphatic heterocycles. The Morgan fingerprint density at radius 2 is 1.92 bits per heavy atom. The predicted octanol–water partition coefficient (Wildman–Crippen LogP) is 8.94. The van der Waals surface area contributed by atoms with Crippen molar-refractivity contribution in [3.63, 3.8) is 0 Å². The van der Waals surface area contributed by atoms with Gasteiger partial charge in [-0.2, -0.15) is 0 Å². The molecule has 1 amide bonds. The summed E-state index contributed by atoms with van der Waals surface area (Å²) in [5, 5.41) is 5.25. The van der Waals surface area contributed by atoms with Crippen LogP contribution >= 0.6 is 57.1 Å². The van der Waals surface area contributed by atoms with Crippen molar-refractivity contribution in [2.45, 2.75) is 70.4 Å². The molecule has 9 heteroatoms. The number of carbonyl (C=O) groups excluding carboxylic acids is 1. The zero-order valence-electron chi connectivity index (χ0n) is 21.8. The van der Waals surface area contributed by atoms with Gasteiger partial charge in [0, 0.05) is 32.7 Å². The highest BCUT2D eigenvalue weighted by atomic mass is 127. The van der Waals surface area contributed by atoms with Crippen LogP contribution in [0.15, 0.2) is 35.3 Å². The molecule has 0 unspecified atom stereocenters. The summed E-state index contributed by atoms with van der Waals surface area (Å²) in [7, 11) is 1.62. The van der Waals surface area contributed by atoms with Crippen molar-refractivity contribution in [2.75, 3.05) is 7.11 Å². The van der Waals surface area contributed by atoms with E-state index >= 15 is 0 Å². The normalized spacial score (nSPS) is 15.8. The number of halogens is 3. The van der Waals surface area contributed by atoms with Gasteiger partial charge in [0.05, 0.1) is 16.2 Å². The van der Waals surface area contributed by atoms with E-state index in [4.69, 9.17) is 37.7 Å². The third-order valence-corrected chi connectivity index (χ3v) is 9.88. The minimum atomic E-state index is 0.0326. The average Bonchev–Trinajstić information content (AvgIpc) is 3.31. The van der Waals surface area contributed by atoms with E-state index in [1.807, 2.05) is 24.4 Å². The van der Waals surface area contributed by atoms with Crippen molar-refractivity contribution in [3.05, 3.63) is 71.1 Å². The van der Waals surface area contributed by atoms with E-state index in [9.17, 15) is 4.79 Å². The second-order valence-corrected chi connectivity index (χ2v) is 13.1. The van der Waals surface area contributed by atoms with Crippen molar-refractivity contribution in [3.8, 4) is 11.5 Å². The van der Waals surface area contributed by atoms with Gasteiger partial charge in [-0.1, -0.05) is 48.5 Å². The summed E-state index contributed by atoms with van der Waals surface area (Å²) < 4.78 is 12.7. The first-order chi connectivity index (χ1) is 18.9. The summed E-state index contributed by atoms with van der Waals surface area (Å²) in [6, 6.07) is 9.52. The van der Waals surface area contributed by atoms with Crippen molar-refractivity contribution in [2.24, 2.45) is 4.99 Å². The number of aliphatic imine (C=N–C) groups is 1. The van der Waals surface area contributed by atoms with Crippen LogP contribution in [-0.4, -0.2) is 25.3 Å². The Labute approximate surface area is 257 Å². The Morgan fingerprint density at radius 1 is 1.13 bits per heavy atom. The fourth-order valence-corrected chi connectivity index (χ4v) is 7.73. The monoisotopic (exact) mass is 696 g/mol. The van der Waals surface area contributed by atoms with Crippen LogP contribution in [0, 0.1) is 3.57 Å². The molecule has 2 aromatic carbocycles. The Balaban J connectivity index is 1.38. The van der Waals surface area contributed by atoms with Crippen LogP contribution < -0.4 is 14.8 Å². The van der Waals surface area contributed by atoms with Gasteiger partial charge in [0.1, 0.15) is 11.6 Å². The molecule has 3 aromatic rings. The first-order valence-electron chi connectivity index (χ1n) is 13.4. The standard InChI is InChI=1S/C30H31Cl2IN2O3S/c1-37-25-14-18(13-24(33)28(25)38-17-19-11-12-20(31)15-23(19)32)16-34-30-27(22-9-5-6-10-26(22)39-30)29(36)35-21-7-3-2-4-8-21/h11-16,21H,2-10,17H2,1H3,(H,35,36). The van der Waals surface area contributed by atoms with E-state index in [2.05, 4.69) is 27.9 Å². The minimum Gasteiger partial charge on any atom is -0.493 e. The van der Waals surface area contributed by atoms with Crippen molar-refractivity contribution < 1.29 is 14.3 Å². The quantitative estimate of drug-likeness (QED) is 0.189. The van der Waals surface area contributed by atoms with Gasteiger partial charge in [0.25, 0.3) is 5.91 Å². The van der Waals surface area contributed by atoms with Crippen LogP contribution in [0.1, 0.15) is 76.9 Å². The molecule has 1 heterocycles. The number of nitrogens with zero attached hydrogens (tertiary/aromatic N) is 1. The lowest BCUT2D eigenvalue weighted by atomic mass is 9.93. The van der Waals surface area contributed by atoms with Gasteiger partial charge in [-0.3, -0.25) is 4.79 Å². The molecule has 1 saturated carbocycles. The molecule has 1 aromatic heterocycles. The topological polar surface area (TPSA) is 59.9 Å². The molecule has 5 nitrogen and oxygen atoms in total. The molecule has 39 heavy (non-hydrogen) atoms. The smallest absolute Gasteiger partial charge is 0.254 e. The van der Waals surface area contributed by atoms with Crippen molar-refractivity contribution in [1.82, 2.24) is 5.32 Å². The number of methoxy groups -OCH3 is 1. The van der Waals surface area contributed by atoms with Gasteiger partial charge in [0.2, 0.25) is 0 Å². The lowest BCUT2D eigenvalue weighted by Gasteiger charge is -2.23. The Morgan fingerprint density at radius 3 is 2.69 bits per heavy atom. The highest BCUT2D eigenvalue weighted by molar-refractivity contribution is 14.1. The largest absolute Gasteiger partial charge is 0.493 e. The molecule has 5 rings (SSSR count). The molecule has 206 valence electrons. The lowest BCUT2D eigenvalue weighted by Crippen LogP contribution is -2.36. The number of fused-ring (bicyclic) bond motifs is 1. The number of hydrogen-bond donors (Lipinski definition) is 1. The molecule has 0 spiro atoms. The number of carbonyl (C=O) groups is 1. The first kappa shape index (κ1) is 28.7. The van der Waals surface area contributed by atoms with Crippen LogP contribution in [0.5, 0.6) is 11.5 Å². The Kier molecular flexibility index (Phi) is 9.74. The number of rotatable bonds is 8. The molecule has 1 N–H and O–H groups in total. The van der Waals surface area contributed by atoms with E-state index in [-0.39, 0.29) is 18.6 Å². The van der Waals surface area contributed by atoms with Gasteiger partial charge >= 0.3 is 0 Å². The second-order valence-electron chi connectivity index (χ2n) is 10.0. The number of thiophene rings is 1. The molecular weight excluding hydrogens is 666 g/mol. The Hall–Kier alpha value is -1.81. The highest BCUT2D eigenvalue weighted by Gasteiger charge is 2.27. The molecule has 1 fully saturated rings. The third kappa shape index (κ3) is 6.92. The van der Waals surface area contributed by atoms with E-state index in [1.165, 1.54) is 36.1 Å². The number of hydrogen-bond acceptors (Lipinski definition) is 5. The van der Waals surface area contributed by atoms with Gasteiger partial charge in [-0.05, 0) is 96.5 Å². The van der Waals surface area contributed by atoms with Crippen LogP contribution in [0.2, 0.25) is 10.0 Å². The maximum absolute atomic E-state index is 13.5. The first-order valence-corrected chi connectivity index (χ1v) is 16.0. The fourth-order valence-electron chi connectivity index (χ4n) is 5.26. The number of aryl methyl sites for hydroxylation is 1. The fraction of sp³-hybridized carbons (Fsp3) is 0.400. The highest BCUT2D eigenvalue weighted by Crippen LogP contribution is 2.41. The summed E-state index contributed by atoms with van der Waals surface area (Å²) in [6.45, 7) is 0.288. The number of nitrogens with one attached hydrogen (secondary N) is 1. The maximum Gasteiger partial charge on any atom is 0.254 e. The third-order valence-electron chi connectivity index (χ3n) is 7.29. The van der Waals surface area contributed by atoms with E-state index in [1.54, 1.807) is 30.6 Å². The zero-order chi connectivity index (χ0) is 27.4. The van der Waals surface area contributed by atoms with Crippen LogP contribution in [0.25, 0.3) is 0 Å². The van der Waals surface area contributed by atoms with Gasteiger partial charge in [-0.25, -0.2) is 4.99 Å². The number of benzene rings is 2. The molecule has 2 aliphatic rings. The Bertz CT molecular complexity index is 1390. The van der Waals surface area contributed by atoms with E-state index < -0.39 is 0 Å². The predicted molar refractivity (Wildman–Crippen MR) is 169 cm³/mol. The van der Waals surface area contributed by atoms with Gasteiger partial charge in [-0.15, -0.1) is 11.3 Å². The second kappa shape index (κ2) is 13.2. The van der Waals surface area contributed by atoms with Crippen LogP contribution in [-0.2, 0) is 19.4 Å². The molecule has 0 bridgehead atoms. The van der Waals surface area contributed by atoms with Gasteiger partial charge in [0.15, 0.2) is 11.5 Å². The lowest BCUT2D eigenvalue weighted by molar-refractivity contribution is 0.0927. The molecule has 2 aliphatic carbocycles. The SMILES string of the molecule is COc1cc(C=Nc2sc3c(c2C(=O)NC2CCCCC2)CCCC3)cc(I)c1OCc1ccc(Cl)cc1Cl. The summed E-state index contributed by atoms with van der Waals surface area (Å²) in [5.74, 6) is 1.28. The molecule has 0 saturated heterocycles. The number of amides is 1. The van der Waals surface area contributed by atoms with Crippen molar-refractivity contribution >= 4 is 74.3 Å². The maximum atomic E-state index is 13.5. The van der Waals surface area contributed by atoms with Crippen molar-refractivity contribution in [1.29, 1.82) is 0 Å². The van der Waals surface area contributed by atoms with Crippen LogP contribution in [0.3, 0.4) is 0 Å². The summed E-state index contributed by atoms with van der Waals surface area (Å²) in [6.07, 6.45) is 11.8. The molecule has 0 radical (unpaired) electrons. The zero-order valence-corrected chi connectivity index (χ0v) is 26.3. The summed E-state index contributed by atoms with van der Waals surface area (Å²) in [4.78, 5) is 19.6. The van der Waals surface area contributed by atoms with Gasteiger partial charge < -0.3 is 14.8 Å². The number of ether oxygens (including phenoxy) is 2. The average molecular weight is 697 g/mol. The van der Waals surface area contributed by atoms with E-state index in [0.717, 1.165) is 57.4 Å². The van der Waals surface area contributed by atoms with Crippen LogP contribution in [0.4, 0.5) is 5.00 Å². The summed E-state index contributed by atoms with van der Waals surface area (Å²) in [5.41, 5.74) is 3.69. The summed E-state index contributed by atoms with van der Waals surface area (Å²) >= 11 is 16.2.